The van der Waals surface area contributed by atoms with Gasteiger partial charge in [0.1, 0.15) is 17.9 Å². The van der Waals surface area contributed by atoms with E-state index in [4.69, 9.17) is 24.4 Å². The minimum atomic E-state index is -0.277. The third-order valence-electron chi connectivity index (χ3n) is 6.54. The highest BCUT2D eigenvalue weighted by Gasteiger charge is 2.22. The number of para-hydroxylation sites is 3. The number of furan rings is 1. The Balaban J connectivity index is 1.19. The first-order valence-electron chi connectivity index (χ1n) is 13.2. The van der Waals surface area contributed by atoms with Crippen LogP contribution in [0.25, 0.3) is 11.0 Å². The normalized spacial score (nSPS) is 14.9. The fraction of sp³-hybridized carbons (Fsp3) is 0.267. The van der Waals surface area contributed by atoms with Gasteiger partial charge in [0.15, 0.2) is 5.75 Å². The van der Waals surface area contributed by atoms with Crippen LogP contribution in [0.5, 0.6) is 11.5 Å². The van der Waals surface area contributed by atoms with Crippen LogP contribution in [-0.2, 0) is 9.53 Å². The summed E-state index contributed by atoms with van der Waals surface area (Å²) < 4.78 is 23.8. The molecule has 3 aromatic carbocycles. The number of amides is 2. The Hall–Kier alpha value is -4.54. The molecule has 0 saturated carbocycles. The van der Waals surface area contributed by atoms with Gasteiger partial charge >= 0.3 is 0 Å². The van der Waals surface area contributed by atoms with Gasteiger partial charge in [0.2, 0.25) is 12.3 Å². The number of nitrogens with one attached hydrogen (secondary N) is 2. The summed E-state index contributed by atoms with van der Waals surface area (Å²) in [6.45, 7) is 3.17. The number of anilines is 3. The van der Waals surface area contributed by atoms with E-state index in [2.05, 4.69) is 10.6 Å². The molecular formula is C30H32N4O6. The summed E-state index contributed by atoms with van der Waals surface area (Å²) in [5.41, 5.74) is 8.03. The molecule has 1 fully saturated rings. The average Bonchev–Trinajstić information content (AvgIpc) is 3.35. The van der Waals surface area contributed by atoms with Crippen molar-refractivity contribution in [2.45, 2.75) is 12.5 Å². The van der Waals surface area contributed by atoms with Crippen molar-refractivity contribution in [3.8, 4) is 11.5 Å². The van der Waals surface area contributed by atoms with Crippen molar-refractivity contribution in [2.75, 3.05) is 55.4 Å². The maximum absolute atomic E-state index is 12.6. The fourth-order valence-electron chi connectivity index (χ4n) is 4.41. The van der Waals surface area contributed by atoms with Crippen LogP contribution < -0.4 is 30.7 Å². The van der Waals surface area contributed by atoms with Crippen molar-refractivity contribution in [1.82, 2.24) is 5.32 Å². The monoisotopic (exact) mass is 544 g/mol. The maximum Gasteiger partial charge on any atom is 0.255 e. The summed E-state index contributed by atoms with van der Waals surface area (Å²) >= 11 is 0. The molecule has 0 spiro atoms. The number of nitrogens with two attached hydrogens (primary N) is 1. The molecule has 1 aliphatic heterocycles. The van der Waals surface area contributed by atoms with Crippen LogP contribution in [0.1, 0.15) is 16.8 Å². The summed E-state index contributed by atoms with van der Waals surface area (Å²) in [6, 6.07) is 21.3. The van der Waals surface area contributed by atoms with Gasteiger partial charge in [-0.15, -0.1) is 0 Å². The van der Waals surface area contributed by atoms with E-state index in [1.165, 1.54) is 4.90 Å². The van der Waals surface area contributed by atoms with E-state index >= 15 is 0 Å². The average molecular weight is 545 g/mol. The summed E-state index contributed by atoms with van der Waals surface area (Å²) in [5, 5.41) is 6.90. The molecule has 5 rings (SSSR count). The number of ether oxygens (including phenoxy) is 3. The number of carbonyl (C=O) groups excluding carboxylic acids is 2. The standard InChI is InChI=1S/C30H32N4O6/c31-25-6-2-3-7-26(25)33-29(36)21-9-11-22(12-10-21)38-18-15-34(20-35)30-28(24-5-1-4-8-27(24)40-30)39-16-13-23-19-32-14-17-37-23/h1-12,20,23,32H,13-19,31H2,(H,33,36). The van der Waals surface area contributed by atoms with Crippen molar-refractivity contribution >= 4 is 40.5 Å². The minimum Gasteiger partial charge on any atom is -0.492 e. The first-order valence-corrected chi connectivity index (χ1v) is 13.2. The van der Waals surface area contributed by atoms with Crippen LogP contribution in [-0.4, -0.2) is 57.9 Å². The van der Waals surface area contributed by atoms with Crippen LogP contribution in [0.2, 0.25) is 0 Å². The van der Waals surface area contributed by atoms with E-state index in [9.17, 15) is 9.59 Å². The Morgan fingerprint density at radius 1 is 1.05 bits per heavy atom. The zero-order valence-corrected chi connectivity index (χ0v) is 22.0. The van der Waals surface area contributed by atoms with E-state index in [-0.39, 0.29) is 25.2 Å². The lowest BCUT2D eigenvalue weighted by molar-refractivity contribution is -0.107. The summed E-state index contributed by atoms with van der Waals surface area (Å²) in [5.74, 6) is 1.12. The molecule has 0 radical (unpaired) electrons. The molecule has 1 atom stereocenters. The highest BCUT2D eigenvalue weighted by molar-refractivity contribution is 6.05. The van der Waals surface area contributed by atoms with E-state index in [1.54, 1.807) is 48.5 Å². The lowest BCUT2D eigenvalue weighted by Gasteiger charge is -2.23. The number of morpholine rings is 1. The minimum absolute atomic E-state index is 0.0832. The van der Waals surface area contributed by atoms with Gasteiger partial charge in [-0.1, -0.05) is 24.3 Å². The van der Waals surface area contributed by atoms with E-state index < -0.39 is 0 Å². The van der Waals surface area contributed by atoms with Gasteiger partial charge < -0.3 is 35.0 Å². The molecule has 1 aliphatic rings. The van der Waals surface area contributed by atoms with Crippen LogP contribution in [0.15, 0.2) is 77.2 Å². The van der Waals surface area contributed by atoms with Gasteiger partial charge in [-0.05, 0) is 48.5 Å². The first-order chi connectivity index (χ1) is 19.6. The van der Waals surface area contributed by atoms with E-state index in [1.807, 2.05) is 24.3 Å². The molecule has 1 aromatic heterocycles. The largest absolute Gasteiger partial charge is 0.492 e. The molecular weight excluding hydrogens is 512 g/mol. The highest BCUT2D eigenvalue weighted by Crippen LogP contribution is 2.39. The molecule has 208 valence electrons. The molecule has 1 saturated heterocycles. The van der Waals surface area contributed by atoms with Gasteiger partial charge in [0.25, 0.3) is 5.91 Å². The molecule has 10 nitrogen and oxygen atoms in total. The second-order valence-corrected chi connectivity index (χ2v) is 9.28. The Morgan fingerprint density at radius 3 is 2.62 bits per heavy atom. The number of hydrogen-bond acceptors (Lipinski definition) is 8. The first kappa shape index (κ1) is 27.0. The molecule has 0 bridgehead atoms. The Kier molecular flexibility index (Phi) is 8.79. The number of benzene rings is 3. The lowest BCUT2D eigenvalue weighted by atomic mass is 10.2. The van der Waals surface area contributed by atoms with Crippen LogP contribution in [0.4, 0.5) is 17.3 Å². The smallest absolute Gasteiger partial charge is 0.255 e. The third-order valence-corrected chi connectivity index (χ3v) is 6.54. The maximum atomic E-state index is 12.6. The fourth-order valence-corrected chi connectivity index (χ4v) is 4.41. The molecule has 0 aliphatic carbocycles. The molecule has 1 unspecified atom stereocenters. The van der Waals surface area contributed by atoms with Crippen LogP contribution in [0, 0.1) is 0 Å². The second-order valence-electron chi connectivity index (χ2n) is 9.28. The quantitative estimate of drug-likeness (QED) is 0.180. The van der Waals surface area contributed by atoms with Crippen LogP contribution in [0.3, 0.4) is 0 Å². The van der Waals surface area contributed by atoms with Crippen molar-refractivity contribution in [3.63, 3.8) is 0 Å². The third kappa shape index (κ3) is 6.53. The van der Waals surface area contributed by atoms with Gasteiger partial charge in [0, 0.05) is 25.1 Å². The number of carbonyl (C=O) groups is 2. The topological polar surface area (TPSA) is 128 Å². The number of fused-ring (bicyclic) bond motifs is 1. The molecule has 2 amide bonds. The van der Waals surface area contributed by atoms with E-state index in [0.29, 0.717) is 65.9 Å². The summed E-state index contributed by atoms with van der Waals surface area (Å²) in [6.07, 6.45) is 1.49. The molecule has 2 heterocycles. The van der Waals surface area contributed by atoms with Crippen molar-refractivity contribution < 1.29 is 28.2 Å². The zero-order chi connectivity index (χ0) is 27.7. The van der Waals surface area contributed by atoms with E-state index in [0.717, 1.165) is 18.5 Å². The van der Waals surface area contributed by atoms with Crippen molar-refractivity contribution in [2.24, 2.45) is 0 Å². The number of nitrogens with zero attached hydrogens (tertiary/aromatic N) is 1. The predicted molar refractivity (Wildman–Crippen MR) is 153 cm³/mol. The Morgan fingerprint density at radius 2 is 1.85 bits per heavy atom. The predicted octanol–water partition coefficient (Wildman–Crippen LogP) is 4.07. The lowest BCUT2D eigenvalue weighted by Crippen LogP contribution is -2.39. The Labute approximate surface area is 232 Å². The molecule has 4 aromatic rings. The van der Waals surface area contributed by atoms with Gasteiger partial charge in [-0.2, -0.15) is 0 Å². The molecule has 10 heteroatoms. The van der Waals surface area contributed by atoms with Crippen molar-refractivity contribution in [3.05, 3.63) is 78.4 Å². The van der Waals surface area contributed by atoms with Crippen molar-refractivity contribution in [1.29, 1.82) is 0 Å². The van der Waals surface area contributed by atoms with Gasteiger partial charge in [-0.3, -0.25) is 14.5 Å². The summed E-state index contributed by atoms with van der Waals surface area (Å²) in [4.78, 5) is 26.1. The van der Waals surface area contributed by atoms with Crippen LogP contribution >= 0.6 is 0 Å². The Bertz CT molecular complexity index is 1430. The number of rotatable bonds is 12. The number of hydrogen-bond donors (Lipinski definition) is 3. The summed E-state index contributed by atoms with van der Waals surface area (Å²) in [7, 11) is 0. The second kappa shape index (κ2) is 13.0. The zero-order valence-electron chi connectivity index (χ0n) is 22.0. The molecule has 4 N–H and O–H groups in total. The van der Waals surface area contributed by atoms with Gasteiger partial charge in [-0.25, -0.2) is 0 Å². The number of nitrogen functional groups attached to an aromatic ring is 1. The SMILES string of the molecule is Nc1ccccc1NC(=O)c1ccc(OCCN(C=O)c2oc3ccccc3c2OCCC2CNCCO2)cc1. The molecule has 40 heavy (non-hydrogen) atoms. The highest BCUT2D eigenvalue weighted by atomic mass is 16.5. The van der Waals surface area contributed by atoms with Gasteiger partial charge in [0.05, 0.1) is 42.6 Å².